The van der Waals surface area contributed by atoms with Gasteiger partial charge in [0.25, 0.3) is 5.91 Å². The van der Waals surface area contributed by atoms with Crippen LogP contribution in [0.3, 0.4) is 0 Å². The average Bonchev–Trinajstić information content (AvgIpc) is 2.86. The summed E-state index contributed by atoms with van der Waals surface area (Å²) >= 11 is 1.54. The summed E-state index contributed by atoms with van der Waals surface area (Å²) in [5, 5.41) is 1.92. The summed E-state index contributed by atoms with van der Waals surface area (Å²) in [6.07, 6.45) is 0. The summed E-state index contributed by atoms with van der Waals surface area (Å²) in [5.74, 6) is 0.00149. The van der Waals surface area contributed by atoms with Crippen LogP contribution in [-0.4, -0.2) is 29.9 Å². The van der Waals surface area contributed by atoms with Crippen molar-refractivity contribution < 1.29 is 9.53 Å². The van der Waals surface area contributed by atoms with Gasteiger partial charge in [0.15, 0.2) is 0 Å². The lowest BCUT2D eigenvalue weighted by Crippen LogP contribution is -2.27. The quantitative estimate of drug-likeness (QED) is 0.850. The molecule has 2 rings (SSSR count). The summed E-state index contributed by atoms with van der Waals surface area (Å²) in [6, 6.07) is 7.68. The van der Waals surface area contributed by atoms with Crippen LogP contribution in [0.15, 0.2) is 29.6 Å². The molecule has 0 spiro atoms. The Hall–Kier alpha value is -1.72. The zero-order valence-electron chi connectivity index (χ0n) is 11.9. The molecule has 0 N–H and O–H groups in total. The average molecular weight is 290 g/mol. The first-order chi connectivity index (χ1) is 9.61. The van der Waals surface area contributed by atoms with E-state index in [0.717, 1.165) is 16.3 Å². The van der Waals surface area contributed by atoms with Gasteiger partial charge in [-0.1, -0.05) is 6.07 Å². The molecule has 1 amide bonds. The summed E-state index contributed by atoms with van der Waals surface area (Å²) in [5.41, 5.74) is 2.57. The van der Waals surface area contributed by atoms with Crippen molar-refractivity contribution in [3.63, 3.8) is 0 Å². The van der Waals surface area contributed by atoms with Crippen molar-refractivity contribution in [3.05, 3.63) is 51.5 Å². The predicted molar refractivity (Wildman–Crippen MR) is 79.8 cm³/mol. The Morgan fingerprint density at radius 2 is 2.20 bits per heavy atom. The maximum atomic E-state index is 12.4. The number of methoxy groups -OCH3 is 1. The van der Waals surface area contributed by atoms with Crippen molar-refractivity contribution >= 4 is 17.2 Å². The Labute approximate surface area is 123 Å². The van der Waals surface area contributed by atoms with Crippen LogP contribution < -0.4 is 0 Å². The molecule has 0 fully saturated rings. The highest BCUT2D eigenvalue weighted by atomic mass is 32.1. The Bertz CT molecular complexity index is 595. The number of pyridine rings is 1. The molecule has 0 radical (unpaired) electrons. The largest absolute Gasteiger partial charge is 0.379 e. The van der Waals surface area contributed by atoms with E-state index in [-0.39, 0.29) is 5.91 Å². The lowest BCUT2D eigenvalue weighted by Gasteiger charge is -2.17. The number of carbonyl (C=O) groups excluding carboxylic acids is 1. The first kappa shape index (κ1) is 14.7. The molecule has 0 saturated carbocycles. The van der Waals surface area contributed by atoms with Gasteiger partial charge in [0.2, 0.25) is 0 Å². The van der Waals surface area contributed by atoms with Crippen molar-refractivity contribution in [1.29, 1.82) is 0 Å². The maximum Gasteiger partial charge on any atom is 0.255 e. The number of hydrogen-bond acceptors (Lipinski definition) is 4. The minimum atomic E-state index is 0.00149. The third-order valence-electron chi connectivity index (χ3n) is 2.94. The standard InChI is InChI=1S/C15H18N2O2S/c1-11-5-4-6-12(16-11)9-17(2)15(18)13-7-8-20-14(13)10-19-3/h4-8H,9-10H2,1-3H3. The first-order valence-corrected chi connectivity index (χ1v) is 7.23. The number of aromatic nitrogens is 1. The molecule has 0 bridgehead atoms. The fourth-order valence-electron chi connectivity index (χ4n) is 1.98. The Balaban J connectivity index is 2.10. The molecule has 0 aliphatic rings. The third kappa shape index (κ3) is 3.43. The second-order valence-electron chi connectivity index (χ2n) is 4.62. The van der Waals surface area contributed by atoms with E-state index in [1.807, 2.05) is 36.6 Å². The number of aryl methyl sites for hydroxylation is 1. The molecule has 0 aliphatic carbocycles. The molecule has 0 atom stereocenters. The van der Waals surface area contributed by atoms with Gasteiger partial charge in [-0.15, -0.1) is 11.3 Å². The monoisotopic (exact) mass is 290 g/mol. The number of carbonyl (C=O) groups is 1. The zero-order valence-corrected chi connectivity index (χ0v) is 12.7. The van der Waals surface area contributed by atoms with Crippen molar-refractivity contribution in [3.8, 4) is 0 Å². The van der Waals surface area contributed by atoms with E-state index in [4.69, 9.17) is 4.74 Å². The van der Waals surface area contributed by atoms with E-state index in [9.17, 15) is 4.79 Å². The van der Waals surface area contributed by atoms with E-state index in [2.05, 4.69) is 4.98 Å². The number of nitrogens with zero attached hydrogens (tertiary/aromatic N) is 2. The molecule has 4 nitrogen and oxygen atoms in total. The molecule has 106 valence electrons. The highest BCUT2D eigenvalue weighted by molar-refractivity contribution is 7.10. The third-order valence-corrected chi connectivity index (χ3v) is 3.84. The van der Waals surface area contributed by atoms with Crippen molar-refractivity contribution in [2.75, 3.05) is 14.2 Å². The molecule has 0 aliphatic heterocycles. The Morgan fingerprint density at radius 3 is 2.90 bits per heavy atom. The normalized spacial score (nSPS) is 10.6. The molecule has 2 heterocycles. The van der Waals surface area contributed by atoms with Crippen molar-refractivity contribution in [2.24, 2.45) is 0 Å². The minimum Gasteiger partial charge on any atom is -0.379 e. The van der Waals surface area contributed by atoms with E-state index < -0.39 is 0 Å². The molecular weight excluding hydrogens is 272 g/mol. The van der Waals surface area contributed by atoms with E-state index >= 15 is 0 Å². The van der Waals surface area contributed by atoms with E-state index in [1.54, 1.807) is 30.4 Å². The number of hydrogen-bond donors (Lipinski definition) is 0. The maximum absolute atomic E-state index is 12.4. The summed E-state index contributed by atoms with van der Waals surface area (Å²) in [6.45, 7) is 2.92. The second kappa shape index (κ2) is 6.63. The van der Waals surface area contributed by atoms with Crippen LogP contribution in [0.1, 0.15) is 26.6 Å². The number of amides is 1. The molecule has 0 unspecified atom stereocenters. The van der Waals surface area contributed by atoms with Crippen LogP contribution in [0.4, 0.5) is 0 Å². The minimum absolute atomic E-state index is 0.00149. The van der Waals surface area contributed by atoms with Crippen LogP contribution in [-0.2, 0) is 17.9 Å². The second-order valence-corrected chi connectivity index (χ2v) is 5.62. The topological polar surface area (TPSA) is 42.4 Å². The molecule has 2 aromatic heterocycles. The fraction of sp³-hybridized carbons (Fsp3) is 0.333. The predicted octanol–water partition coefficient (Wildman–Crippen LogP) is 2.87. The van der Waals surface area contributed by atoms with Gasteiger partial charge in [-0.05, 0) is 30.5 Å². The van der Waals surface area contributed by atoms with Crippen LogP contribution >= 0.6 is 11.3 Å². The van der Waals surface area contributed by atoms with E-state index in [0.29, 0.717) is 18.7 Å². The van der Waals surface area contributed by atoms with Gasteiger partial charge >= 0.3 is 0 Å². The van der Waals surface area contributed by atoms with Crippen LogP contribution in [0.2, 0.25) is 0 Å². The van der Waals surface area contributed by atoms with Gasteiger partial charge in [0.1, 0.15) is 0 Å². The van der Waals surface area contributed by atoms with Crippen LogP contribution in [0.25, 0.3) is 0 Å². The van der Waals surface area contributed by atoms with Gasteiger partial charge in [-0.25, -0.2) is 0 Å². The van der Waals surface area contributed by atoms with Gasteiger partial charge in [-0.3, -0.25) is 9.78 Å². The lowest BCUT2D eigenvalue weighted by molar-refractivity contribution is 0.0779. The smallest absolute Gasteiger partial charge is 0.255 e. The van der Waals surface area contributed by atoms with Gasteiger partial charge in [0.05, 0.1) is 24.4 Å². The van der Waals surface area contributed by atoms with Gasteiger partial charge in [-0.2, -0.15) is 0 Å². The van der Waals surface area contributed by atoms with Crippen molar-refractivity contribution in [1.82, 2.24) is 9.88 Å². The van der Waals surface area contributed by atoms with Gasteiger partial charge < -0.3 is 9.64 Å². The van der Waals surface area contributed by atoms with E-state index in [1.165, 1.54) is 0 Å². The molecule has 5 heteroatoms. The number of thiophene rings is 1. The first-order valence-electron chi connectivity index (χ1n) is 6.35. The molecule has 20 heavy (non-hydrogen) atoms. The highest BCUT2D eigenvalue weighted by Crippen LogP contribution is 2.19. The fourth-order valence-corrected chi connectivity index (χ4v) is 2.82. The Kier molecular flexibility index (Phi) is 4.87. The van der Waals surface area contributed by atoms with Gasteiger partial charge in [0, 0.05) is 24.7 Å². The molecule has 2 aromatic rings. The van der Waals surface area contributed by atoms with Crippen molar-refractivity contribution in [2.45, 2.75) is 20.1 Å². The molecule has 0 aromatic carbocycles. The summed E-state index contributed by atoms with van der Waals surface area (Å²) < 4.78 is 5.12. The Morgan fingerprint density at radius 1 is 1.40 bits per heavy atom. The number of rotatable bonds is 5. The summed E-state index contributed by atoms with van der Waals surface area (Å²) in [4.78, 5) is 19.5. The summed E-state index contributed by atoms with van der Waals surface area (Å²) in [7, 11) is 3.43. The van der Waals surface area contributed by atoms with Crippen LogP contribution in [0.5, 0.6) is 0 Å². The lowest BCUT2D eigenvalue weighted by atomic mass is 10.2. The zero-order chi connectivity index (χ0) is 14.5. The SMILES string of the molecule is COCc1sccc1C(=O)N(C)Cc1cccc(C)n1. The highest BCUT2D eigenvalue weighted by Gasteiger charge is 2.17. The molecule has 0 saturated heterocycles. The number of ether oxygens (including phenoxy) is 1. The van der Waals surface area contributed by atoms with Crippen LogP contribution in [0, 0.1) is 6.92 Å². The molecular formula is C15H18N2O2S.